The molecule has 1 aliphatic heterocycles. The summed E-state index contributed by atoms with van der Waals surface area (Å²) in [5, 5.41) is 7.93. The predicted molar refractivity (Wildman–Crippen MR) is 78.0 cm³/mol. The topological polar surface area (TPSA) is 47.7 Å². The smallest absolute Gasteiger partial charge is 0.160 e. The summed E-state index contributed by atoms with van der Waals surface area (Å²) in [4.78, 5) is 4.30. The van der Waals surface area contributed by atoms with E-state index in [-0.39, 0.29) is 0 Å². The molecule has 0 saturated heterocycles. The number of aryl methyl sites for hydroxylation is 1. The molecule has 1 aromatic carbocycles. The molecule has 4 rings (SSSR count). The number of rotatable bonds is 2. The first-order valence-corrected chi connectivity index (χ1v) is 6.71. The molecule has 5 nitrogen and oxygen atoms in total. The lowest BCUT2D eigenvalue weighted by Gasteiger charge is -2.10. The molecule has 100 valence electrons. The van der Waals surface area contributed by atoms with Gasteiger partial charge in [-0.2, -0.15) is 5.10 Å². The van der Waals surface area contributed by atoms with E-state index in [1.165, 1.54) is 16.8 Å². The van der Waals surface area contributed by atoms with Crippen molar-refractivity contribution in [1.29, 1.82) is 0 Å². The molecule has 3 aromatic rings. The Bertz CT molecular complexity index is 768. The van der Waals surface area contributed by atoms with Crippen molar-refractivity contribution >= 4 is 5.69 Å². The van der Waals surface area contributed by atoms with Crippen molar-refractivity contribution in [3.63, 3.8) is 0 Å². The molecule has 0 aliphatic carbocycles. The van der Waals surface area contributed by atoms with Crippen LogP contribution < -0.4 is 5.32 Å². The molecule has 0 atom stereocenters. The Morgan fingerprint density at radius 1 is 1.25 bits per heavy atom. The Morgan fingerprint density at radius 2 is 2.20 bits per heavy atom. The fourth-order valence-electron chi connectivity index (χ4n) is 2.76. The van der Waals surface area contributed by atoms with Crippen molar-refractivity contribution in [2.75, 3.05) is 11.9 Å². The van der Waals surface area contributed by atoms with Crippen LogP contribution in [0.2, 0.25) is 0 Å². The normalized spacial score (nSPS) is 13.2. The third-order valence-electron chi connectivity index (χ3n) is 3.71. The molecular weight excluding hydrogens is 250 g/mol. The van der Waals surface area contributed by atoms with Crippen LogP contribution in [0, 0.1) is 0 Å². The standard InChI is InChI=1S/C15H15N5/c1-19-8-6-14(18-19)20-10-16-9-13(20)12-4-2-3-11-5-7-17-15(11)12/h2-4,6,8-10,17H,5,7H2,1H3. The SMILES string of the molecule is Cn1ccc(-n2cncc2-c2cccc3c2NCC3)n1. The van der Waals surface area contributed by atoms with E-state index in [2.05, 4.69) is 33.6 Å². The van der Waals surface area contributed by atoms with Gasteiger partial charge in [-0.25, -0.2) is 4.98 Å². The van der Waals surface area contributed by atoms with Crippen molar-refractivity contribution in [2.24, 2.45) is 7.05 Å². The summed E-state index contributed by atoms with van der Waals surface area (Å²) < 4.78 is 3.82. The van der Waals surface area contributed by atoms with Crippen molar-refractivity contribution in [3.8, 4) is 17.1 Å². The first-order valence-electron chi connectivity index (χ1n) is 6.71. The van der Waals surface area contributed by atoms with Crippen LogP contribution in [0.1, 0.15) is 5.56 Å². The van der Waals surface area contributed by atoms with Crippen LogP contribution >= 0.6 is 0 Å². The number of benzene rings is 1. The van der Waals surface area contributed by atoms with Crippen molar-refractivity contribution in [3.05, 3.63) is 48.5 Å². The summed E-state index contributed by atoms with van der Waals surface area (Å²) >= 11 is 0. The summed E-state index contributed by atoms with van der Waals surface area (Å²) in [6, 6.07) is 8.41. The molecule has 0 spiro atoms. The van der Waals surface area contributed by atoms with Gasteiger partial charge in [0.1, 0.15) is 6.33 Å². The van der Waals surface area contributed by atoms with Gasteiger partial charge in [0.25, 0.3) is 0 Å². The zero-order valence-corrected chi connectivity index (χ0v) is 11.2. The highest BCUT2D eigenvalue weighted by molar-refractivity contribution is 5.80. The zero-order valence-electron chi connectivity index (χ0n) is 11.2. The molecule has 20 heavy (non-hydrogen) atoms. The third kappa shape index (κ3) is 1.63. The zero-order chi connectivity index (χ0) is 13.5. The Morgan fingerprint density at radius 3 is 3.05 bits per heavy atom. The van der Waals surface area contributed by atoms with E-state index in [4.69, 9.17) is 0 Å². The van der Waals surface area contributed by atoms with E-state index in [1.54, 1.807) is 4.68 Å². The summed E-state index contributed by atoms with van der Waals surface area (Å²) in [6.07, 6.45) is 6.73. The highest BCUT2D eigenvalue weighted by Gasteiger charge is 2.18. The van der Waals surface area contributed by atoms with Crippen LogP contribution in [-0.2, 0) is 13.5 Å². The van der Waals surface area contributed by atoms with Crippen molar-refractivity contribution in [2.45, 2.75) is 6.42 Å². The Hall–Kier alpha value is -2.56. The van der Waals surface area contributed by atoms with Gasteiger partial charge in [0.15, 0.2) is 5.82 Å². The van der Waals surface area contributed by atoms with E-state index in [0.717, 1.165) is 24.5 Å². The van der Waals surface area contributed by atoms with Gasteiger partial charge in [-0.05, 0) is 12.0 Å². The Balaban J connectivity index is 1.89. The van der Waals surface area contributed by atoms with Gasteiger partial charge in [-0.3, -0.25) is 9.25 Å². The van der Waals surface area contributed by atoms with Crippen LogP contribution in [0.3, 0.4) is 0 Å². The number of nitrogens with zero attached hydrogens (tertiary/aromatic N) is 4. The van der Waals surface area contributed by atoms with Crippen LogP contribution in [-0.4, -0.2) is 25.9 Å². The molecule has 2 aromatic heterocycles. The van der Waals surface area contributed by atoms with E-state index in [0.29, 0.717) is 0 Å². The molecule has 5 heteroatoms. The van der Waals surface area contributed by atoms with Crippen LogP contribution in [0.5, 0.6) is 0 Å². The van der Waals surface area contributed by atoms with E-state index in [1.807, 2.05) is 36.4 Å². The summed E-state index contributed by atoms with van der Waals surface area (Å²) in [6.45, 7) is 1.00. The highest BCUT2D eigenvalue weighted by atomic mass is 15.3. The number of hydrogen-bond donors (Lipinski definition) is 1. The molecule has 0 saturated carbocycles. The lowest BCUT2D eigenvalue weighted by Crippen LogP contribution is -2.00. The second-order valence-corrected chi connectivity index (χ2v) is 5.01. The first kappa shape index (κ1) is 11.3. The Kier molecular flexibility index (Phi) is 2.39. The maximum absolute atomic E-state index is 4.45. The second kappa shape index (κ2) is 4.23. The number of imidazole rings is 1. The third-order valence-corrected chi connectivity index (χ3v) is 3.71. The van der Waals surface area contributed by atoms with E-state index in [9.17, 15) is 0 Å². The van der Waals surface area contributed by atoms with Crippen LogP contribution in [0.25, 0.3) is 17.1 Å². The molecule has 0 unspecified atom stereocenters. The highest BCUT2D eigenvalue weighted by Crippen LogP contribution is 2.34. The number of hydrogen-bond acceptors (Lipinski definition) is 3. The Labute approximate surface area is 116 Å². The van der Waals surface area contributed by atoms with Crippen molar-refractivity contribution < 1.29 is 0 Å². The lowest BCUT2D eigenvalue weighted by molar-refractivity contribution is 0.752. The minimum Gasteiger partial charge on any atom is -0.384 e. The number of anilines is 1. The molecule has 0 amide bonds. The van der Waals surface area contributed by atoms with Crippen LogP contribution in [0.4, 0.5) is 5.69 Å². The number of fused-ring (bicyclic) bond motifs is 1. The van der Waals surface area contributed by atoms with E-state index >= 15 is 0 Å². The maximum atomic E-state index is 4.45. The molecule has 0 bridgehead atoms. The van der Waals surface area contributed by atoms with Gasteiger partial charge in [0.05, 0.1) is 11.9 Å². The van der Waals surface area contributed by atoms with Gasteiger partial charge in [-0.1, -0.05) is 18.2 Å². The van der Waals surface area contributed by atoms with Gasteiger partial charge < -0.3 is 5.32 Å². The summed E-state index contributed by atoms with van der Waals surface area (Å²) in [5.41, 5.74) is 4.85. The second-order valence-electron chi connectivity index (χ2n) is 5.01. The minimum absolute atomic E-state index is 0.885. The quantitative estimate of drug-likeness (QED) is 0.773. The van der Waals surface area contributed by atoms with Crippen LogP contribution in [0.15, 0.2) is 43.0 Å². The molecular formula is C15H15N5. The van der Waals surface area contributed by atoms with Gasteiger partial charge >= 0.3 is 0 Å². The fourth-order valence-corrected chi connectivity index (χ4v) is 2.76. The molecule has 0 fully saturated rings. The summed E-state index contributed by atoms with van der Waals surface area (Å²) in [7, 11) is 1.92. The first-order chi connectivity index (χ1) is 9.83. The average Bonchev–Trinajstić information content (AvgIpc) is 3.17. The molecule has 1 aliphatic rings. The van der Waals surface area contributed by atoms with Crippen molar-refractivity contribution in [1.82, 2.24) is 19.3 Å². The number of aromatic nitrogens is 4. The van der Waals surface area contributed by atoms with Gasteiger partial charge in [-0.15, -0.1) is 0 Å². The molecule has 3 heterocycles. The maximum Gasteiger partial charge on any atom is 0.160 e. The average molecular weight is 265 g/mol. The number of para-hydroxylation sites is 1. The summed E-state index contributed by atoms with van der Waals surface area (Å²) in [5.74, 6) is 0.885. The van der Waals surface area contributed by atoms with Gasteiger partial charge in [0.2, 0.25) is 0 Å². The largest absolute Gasteiger partial charge is 0.384 e. The van der Waals surface area contributed by atoms with Gasteiger partial charge in [0, 0.05) is 37.1 Å². The monoisotopic (exact) mass is 265 g/mol. The van der Waals surface area contributed by atoms with E-state index < -0.39 is 0 Å². The number of nitrogens with one attached hydrogen (secondary N) is 1. The molecule has 1 N–H and O–H groups in total. The molecule has 0 radical (unpaired) electrons. The lowest BCUT2D eigenvalue weighted by atomic mass is 10.1. The fraction of sp³-hybridized carbons (Fsp3) is 0.200. The predicted octanol–water partition coefficient (Wildman–Crippen LogP) is 2.24. The minimum atomic E-state index is 0.885.